The Bertz CT molecular complexity index is 665. The zero-order valence-corrected chi connectivity index (χ0v) is 11.9. The van der Waals surface area contributed by atoms with Gasteiger partial charge in [-0.05, 0) is 34.1 Å². The Kier molecular flexibility index (Phi) is 4.09. The number of halogens is 1. The normalized spacial score (nSPS) is 9.89. The van der Waals surface area contributed by atoms with Gasteiger partial charge >= 0.3 is 5.69 Å². The molecule has 0 saturated carbocycles. The summed E-state index contributed by atoms with van der Waals surface area (Å²) in [6.45, 7) is 0.548. The van der Waals surface area contributed by atoms with Crippen LogP contribution in [0.1, 0.15) is 10.6 Å². The average molecular weight is 339 g/mol. The molecule has 0 amide bonds. The minimum Gasteiger partial charge on any atom is -0.365 e. The van der Waals surface area contributed by atoms with Crippen molar-refractivity contribution in [3.8, 4) is 6.07 Å². The fraction of sp³-hybridized carbons (Fsp3) is 0.0909. The van der Waals surface area contributed by atoms with Crippen molar-refractivity contribution in [2.45, 2.75) is 6.54 Å². The number of aromatic nitrogens is 1. The number of thiophene rings is 1. The lowest BCUT2D eigenvalue weighted by molar-refractivity contribution is -0.385. The average Bonchev–Trinajstić information content (AvgIpc) is 2.81. The third-order valence-electron chi connectivity index (χ3n) is 2.25. The zero-order chi connectivity index (χ0) is 13.8. The molecule has 2 aromatic heterocycles. The molecule has 0 unspecified atom stereocenters. The maximum absolute atomic E-state index is 10.7. The fourth-order valence-electron chi connectivity index (χ4n) is 1.40. The van der Waals surface area contributed by atoms with Gasteiger partial charge in [-0.1, -0.05) is 0 Å². The van der Waals surface area contributed by atoms with E-state index in [9.17, 15) is 10.1 Å². The molecule has 0 aromatic carbocycles. The van der Waals surface area contributed by atoms with Crippen molar-refractivity contribution in [2.75, 3.05) is 5.32 Å². The summed E-state index contributed by atoms with van der Waals surface area (Å²) in [4.78, 5) is 15.0. The zero-order valence-electron chi connectivity index (χ0n) is 9.46. The predicted molar refractivity (Wildman–Crippen MR) is 75.0 cm³/mol. The van der Waals surface area contributed by atoms with E-state index in [-0.39, 0.29) is 11.4 Å². The van der Waals surface area contributed by atoms with Crippen molar-refractivity contribution in [3.63, 3.8) is 0 Å². The summed E-state index contributed by atoms with van der Waals surface area (Å²) in [5.74, 6) is 0.437. The van der Waals surface area contributed by atoms with E-state index in [4.69, 9.17) is 5.26 Å². The van der Waals surface area contributed by atoms with E-state index in [0.717, 1.165) is 8.66 Å². The number of nitrogens with zero attached hydrogens (tertiary/aromatic N) is 3. The first-order valence-electron chi connectivity index (χ1n) is 5.14. The molecule has 0 atom stereocenters. The molecule has 0 radical (unpaired) electrons. The van der Waals surface area contributed by atoms with Crippen LogP contribution in [0.25, 0.3) is 0 Å². The van der Waals surface area contributed by atoms with Crippen LogP contribution in [0, 0.1) is 21.4 Å². The standard InChI is InChI=1S/C11H7BrN4O2S/c12-10-3-1-7(19-10)6-14-11-4-2-9(16(17)18)8(5-13)15-11/h1-4H,6H2,(H,14,15). The van der Waals surface area contributed by atoms with Crippen LogP contribution in [0.4, 0.5) is 11.5 Å². The van der Waals surface area contributed by atoms with E-state index in [0.29, 0.717) is 12.4 Å². The van der Waals surface area contributed by atoms with Gasteiger partial charge in [0.25, 0.3) is 0 Å². The molecule has 6 nitrogen and oxygen atoms in total. The second-order valence-electron chi connectivity index (χ2n) is 3.49. The van der Waals surface area contributed by atoms with Crippen LogP contribution in [0.15, 0.2) is 28.1 Å². The molecule has 2 aromatic rings. The minimum atomic E-state index is -0.619. The quantitative estimate of drug-likeness (QED) is 0.682. The van der Waals surface area contributed by atoms with Gasteiger partial charge in [-0.3, -0.25) is 10.1 Å². The number of rotatable bonds is 4. The van der Waals surface area contributed by atoms with Crippen LogP contribution in [0.2, 0.25) is 0 Å². The van der Waals surface area contributed by atoms with Crippen LogP contribution >= 0.6 is 27.3 Å². The summed E-state index contributed by atoms with van der Waals surface area (Å²) >= 11 is 4.94. The number of nitro groups is 1. The Morgan fingerprint density at radius 3 is 2.84 bits per heavy atom. The third kappa shape index (κ3) is 3.27. The highest BCUT2D eigenvalue weighted by Crippen LogP contribution is 2.23. The van der Waals surface area contributed by atoms with Gasteiger partial charge in [0.1, 0.15) is 11.9 Å². The van der Waals surface area contributed by atoms with Crippen molar-refractivity contribution in [1.82, 2.24) is 4.98 Å². The first-order chi connectivity index (χ1) is 9.10. The topological polar surface area (TPSA) is 91.8 Å². The molecular formula is C11H7BrN4O2S. The molecule has 0 bridgehead atoms. The molecule has 0 aliphatic heterocycles. The molecule has 0 spiro atoms. The maximum Gasteiger partial charge on any atom is 0.305 e. The lowest BCUT2D eigenvalue weighted by Gasteiger charge is -2.04. The molecule has 0 saturated heterocycles. The number of anilines is 1. The molecule has 0 aliphatic carbocycles. The van der Waals surface area contributed by atoms with Crippen molar-refractivity contribution < 1.29 is 4.92 Å². The van der Waals surface area contributed by atoms with Crippen LogP contribution in [-0.2, 0) is 6.54 Å². The predicted octanol–water partition coefficient (Wildman–Crippen LogP) is 3.30. The molecular weight excluding hydrogens is 332 g/mol. The summed E-state index contributed by atoms with van der Waals surface area (Å²) in [7, 11) is 0. The van der Waals surface area contributed by atoms with Crippen LogP contribution in [-0.4, -0.2) is 9.91 Å². The summed E-state index contributed by atoms with van der Waals surface area (Å²) in [6.07, 6.45) is 0. The molecule has 1 N–H and O–H groups in total. The van der Waals surface area contributed by atoms with Gasteiger partial charge in [-0.15, -0.1) is 11.3 Å². The minimum absolute atomic E-state index is 0.192. The number of hydrogen-bond donors (Lipinski definition) is 1. The Morgan fingerprint density at radius 2 is 2.26 bits per heavy atom. The number of hydrogen-bond acceptors (Lipinski definition) is 6. The van der Waals surface area contributed by atoms with Crippen LogP contribution in [0.3, 0.4) is 0 Å². The highest BCUT2D eigenvalue weighted by atomic mass is 79.9. The van der Waals surface area contributed by atoms with Gasteiger partial charge in [0.05, 0.1) is 15.3 Å². The van der Waals surface area contributed by atoms with Gasteiger partial charge in [0, 0.05) is 10.9 Å². The van der Waals surface area contributed by atoms with Gasteiger partial charge in [0.15, 0.2) is 0 Å². The number of pyridine rings is 1. The largest absolute Gasteiger partial charge is 0.365 e. The van der Waals surface area contributed by atoms with Gasteiger partial charge < -0.3 is 5.32 Å². The lowest BCUT2D eigenvalue weighted by Crippen LogP contribution is -2.02. The monoisotopic (exact) mass is 338 g/mol. The lowest BCUT2D eigenvalue weighted by atomic mass is 10.3. The van der Waals surface area contributed by atoms with Gasteiger partial charge in [-0.25, -0.2) is 4.98 Å². The van der Waals surface area contributed by atoms with Gasteiger partial charge in [-0.2, -0.15) is 5.26 Å². The number of nitriles is 1. The van der Waals surface area contributed by atoms with E-state index in [1.54, 1.807) is 17.4 Å². The van der Waals surface area contributed by atoms with Crippen LogP contribution < -0.4 is 5.32 Å². The highest BCUT2D eigenvalue weighted by molar-refractivity contribution is 9.11. The first kappa shape index (κ1) is 13.5. The Morgan fingerprint density at radius 1 is 1.47 bits per heavy atom. The second kappa shape index (κ2) is 5.77. The third-order valence-corrected chi connectivity index (χ3v) is 3.87. The smallest absolute Gasteiger partial charge is 0.305 e. The summed E-state index contributed by atoms with van der Waals surface area (Å²) in [5, 5.41) is 22.5. The van der Waals surface area contributed by atoms with Crippen molar-refractivity contribution in [2.24, 2.45) is 0 Å². The Hall–Kier alpha value is -1.98. The first-order valence-corrected chi connectivity index (χ1v) is 6.74. The molecule has 0 aliphatic rings. The Balaban J connectivity index is 2.14. The summed E-state index contributed by atoms with van der Waals surface area (Å²) in [6, 6.07) is 8.38. The SMILES string of the molecule is N#Cc1nc(NCc2ccc(Br)s2)ccc1[N+](=O)[O-]. The van der Waals surface area contributed by atoms with Crippen LogP contribution in [0.5, 0.6) is 0 Å². The van der Waals surface area contributed by atoms with Crippen molar-refractivity contribution in [1.29, 1.82) is 5.26 Å². The summed E-state index contributed by atoms with van der Waals surface area (Å²) < 4.78 is 1.03. The van der Waals surface area contributed by atoms with Crippen molar-refractivity contribution >= 4 is 38.8 Å². The van der Waals surface area contributed by atoms with E-state index >= 15 is 0 Å². The molecule has 96 valence electrons. The molecule has 8 heteroatoms. The molecule has 19 heavy (non-hydrogen) atoms. The van der Waals surface area contributed by atoms with E-state index in [2.05, 4.69) is 26.2 Å². The van der Waals surface area contributed by atoms with E-state index in [1.807, 2.05) is 12.1 Å². The molecule has 2 heterocycles. The maximum atomic E-state index is 10.7. The van der Waals surface area contributed by atoms with Crippen molar-refractivity contribution in [3.05, 3.63) is 48.7 Å². The van der Waals surface area contributed by atoms with Gasteiger partial charge in [0.2, 0.25) is 5.69 Å². The summed E-state index contributed by atoms with van der Waals surface area (Å²) in [5.41, 5.74) is -0.478. The van der Waals surface area contributed by atoms with E-state index < -0.39 is 4.92 Å². The molecule has 0 fully saturated rings. The van der Waals surface area contributed by atoms with E-state index in [1.165, 1.54) is 12.1 Å². The molecule has 2 rings (SSSR count). The second-order valence-corrected chi connectivity index (χ2v) is 6.04. The number of nitrogens with one attached hydrogen (secondary N) is 1. The Labute approximate surface area is 121 Å². The fourth-order valence-corrected chi connectivity index (χ4v) is 2.83. The highest BCUT2D eigenvalue weighted by Gasteiger charge is 2.15.